The molecule has 2 aromatic rings. The minimum atomic E-state index is 0.265. The van der Waals surface area contributed by atoms with Gasteiger partial charge < -0.3 is 5.11 Å². The van der Waals surface area contributed by atoms with Gasteiger partial charge in [0, 0.05) is 23.7 Å². The summed E-state index contributed by atoms with van der Waals surface area (Å²) in [6.45, 7) is 4.15. The van der Waals surface area contributed by atoms with Gasteiger partial charge in [0.25, 0.3) is 0 Å². The molecule has 0 fully saturated rings. The first kappa shape index (κ1) is 8.10. The second kappa shape index (κ2) is 2.76. The predicted molar refractivity (Wildman–Crippen MR) is 51.8 cm³/mol. The molecule has 0 aliphatic heterocycles. The normalized spacial score (nSPS) is 11.3. The molecule has 0 saturated heterocycles. The van der Waals surface area contributed by atoms with E-state index in [9.17, 15) is 5.11 Å². The standard InChI is InChI=1S/C10H12N2O/c1-7(2)12-6-8-3-4-9(13)5-10(8)11-12/h3-7,13H,1-2H3. The Kier molecular flexibility index (Phi) is 1.72. The molecule has 1 aromatic heterocycles. The highest BCUT2D eigenvalue weighted by Crippen LogP contribution is 2.19. The Morgan fingerprint density at radius 2 is 2.15 bits per heavy atom. The monoisotopic (exact) mass is 176 g/mol. The molecule has 0 bridgehead atoms. The van der Waals surface area contributed by atoms with Gasteiger partial charge in [-0.2, -0.15) is 5.10 Å². The number of hydrogen-bond donors (Lipinski definition) is 1. The quantitative estimate of drug-likeness (QED) is 0.724. The fourth-order valence-electron chi connectivity index (χ4n) is 1.29. The number of benzene rings is 1. The van der Waals surface area contributed by atoms with E-state index in [1.54, 1.807) is 12.1 Å². The third-order valence-electron chi connectivity index (χ3n) is 2.04. The zero-order chi connectivity index (χ0) is 9.42. The van der Waals surface area contributed by atoms with Gasteiger partial charge in [-0.1, -0.05) is 0 Å². The van der Waals surface area contributed by atoms with Gasteiger partial charge in [-0.15, -0.1) is 0 Å². The zero-order valence-corrected chi connectivity index (χ0v) is 7.73. The summed E-state index contributed by atoms with van der Waals surface area (Å²) >= 11 is 0. The largest absolute Gasteiger partial charge is 0.508 e. The van der Waals surface area contributed by atoms with Crippen LogP contribution < -0.4 is 0 Å². The molecule has 0 atom stereocenters. The van der Waals surface area contributed by atoms with Crippen molar-refractivity contribution in [3.05, 3.63) is 24.4 Å². The maximum absolute atomic E-state index is 9.23. The molecule has 0 unspecified atom stereocenters. The molecule has 13 heavy (non-hydrogen) atoms. The first-order chi connectivity index (χ1) is 6.16. The van der Waals surface area contributed by atoms with Gasteiger partial charge in [0.05, 0.1) is 5.52 Å². The Balaban J connectivity index is 2.62. The van der Waals surface area contributed by atoms with Crippen LogP contribution in [0.1, 0.15) is 19.9 Å². The Morgan fingerprint density at radius 1 is 1.38 bits per heavy atom. The van der Waals surface area contributed by atoms with E-state index in [1.807, 2.05) is 16.9 Å². The van der Waals surface area contributed by atoms with E-state index in [1.165, 1.54) is 0 Å². The van der Waals surface area contributed by atoms with Crippen molar-refractivity contribution in [2.75, 3.05) is 0 Å². The van der Waals surface area contributed by atoms with Gasteiger partial charge in [-0.05, 0) is 26.0 Å². The van der Waals surface area contributed by atoms with Gasteiger partial charge in [0.15, 0.2) is 0 Å². The highest BCUT2D eigenvalue weighted by atomic mass is 16.3. The summed E-state index contributed by atoms with van der Waals surface area (Å²) in [6.07, 6.45) is 1.99. The molecule has 0 radical (unpaired) electrons. The summed E-state index contributed by atoms with van der Waals surface area (Å²) in [4.78, 5) is 0. The van der Waals surface area contributed by atoms with Crippen molar-refractivity contribution in [2.45, 2.75) is 19.9 Å². The minimum absolute atomic E-state index is 0.265. The Morgan fingerprint density at radius 3 is 2.85 bits per heavy atom. The Hall–Kier alpha value is -1.51. The lowest BCUT2D eigenvalue weighted by molar-refractivity contribution is 0.476. The lowest BCUT2D eigenvalue weighted by Gasteiger charge is -2.02. The van der Waals surface area contributed by atoms with Gasteiger partial charge in [-0.25, -0.2) is 0 Å². The van der Waals surface area contributed by atoms with Crippen molar-refractivity contribution in [1.29, 1.82) is 0 Å². The van der Waals surface area contributed by atoms with Gasteiger partial charge >= 0.3 is 0 Å². The minimum Gasteiger partial charge on any atom is -0.508 e. The van der Waals surface area contributed by atoms with E-state index >= 15 is 0 Å². The maximum atomic E-state index is 9.23. The maximum Gasteiger partial charge on any atom is 0.117 e. The summed E-state index contributed by atoms with van der Waals surface area (Å²) < 4.78 is 1.89. The molecule has 3 nitrogen and oxygen atoms in total. The Labute approximate surface area is 76.6 Å². The number of aromatic nitrogens is 2. The van der Waals surface area contributed by atoms with E-state index < -0.39 is 0 Å². The number of fused-ring (bicyclic) bond motifs is 1. The molecule has 1 aromatic carbocycles. The Bertz CT molecular complexity index is 431. The van der Waals surface area contributed by atoms with Crippen LogP contribution in [0.15, 0.2) is 24.4 Å². The van der Waals surface area contributed by atoms with E-state index in [0.717, 1.165) is 10.9 Å². The van der Waals surface area contributed by atoms with Crippen molar-refractivity contribution in [2.24, 2.45) is 0 Å². The van der Waals surface area contributed by atoms with E-state index in [0.29, 0.717) is 6.04 Å². The van der Waals surface area contributed by atoms with Gasteiger partial charge in [0.2, 0.25) is 0 Å². The molecule has 0 saturated carbocycles. The average molecular weight is 176 g/mol. The number of phenols is 1. The van der Waals surface area contributed by atoms with Crippen molar-refractivity contribution in [3.8, 4) is 5.75 Å². The molecule has 1 heterocycles. The highest BCUT2D eigenvalue weighted by molar-refractivity contribution is 5.79. The zero-order valence-electron chi connectivity index (χ0n) is 7.73. The third-order valence-corrected chi connectivity index (χ3v) is 2.04. The summed E-state index contributed by atoms with van der Waals surface area (Å²) in [6, 6.07) is 5.58. The second-order valence-corrected chi connectivity index (χ2v) is 3.45. The fraction of sp³-hybridized carbons (Fsp3) is 0.300. The lowest BCUT2D eigenvalue weighted by Crippen LogP contribution is -1.99. The average Bonchev–Trinajstić information content (AvgIpc) is 2.46. The van der Waals surface area contributed by atoms with Crippen LogP contribution >= 0.6 is 0 Å². The molecule has 0 spiro atoms. The molecule has 0 amide bonds. The molecule has 2 rings (SSSR count). The van der Waals surface area contributed by atoms with E-state index in [4.69, 9.17) is 0 Å². The van der Waals surface area contributed by atoms with Crippen LogP contribution in [0.3, 0.4) is 0 Å². The third kappa shape index (κ3) is 1.37. The highest BCUT2D eigenvalue weighted by Gasteiger charge is 2.03. The summed E-state index contributed by atoms with van der Waals surface area (Å²) in [5, 5.41) is 14.6. The van der Waals surface area contributed by atoms with Crippen molar-refractivity contribution in [1.82, 2.24) is 9.78 Å². The molecule has 1 N–H and O–H groups in total. The van der Waals surface area contributed by atoms with Crippen LogP contribution in [-0.2, 0) is 0 Å². The van der Waals surface area contributed by atoms with Gasteiger partial charge in [0.1, 0.15) is 5.75 Å². The van der Waals surface area contributed by atoms with Gasteiger partial charge in [-0.3, -0.25) is 4.68 Å². The van der Waals surface area contributed by atoms with Crippen LogP contribution in [0.2, 0.25) is 0 Å². The van der Waals surface area contributed by atoms with Crippen molar-refractivity contribution in [3.63, 3.8) is 0 Å². The van der Waals surface area contributed by atoms with Crippen LogP contribution in [0, 0.1) is 0 Å². The number of nitrogens with zero attached hydrogens (tertiary/aromatic N) is 2. The molecular formula is C10H12N2O. The summed E-state index contributed by atoms with van der Waals surface area (Å²) in [5.74, 6) is 0.265. The number of rotatable bonds is 1. The van der Waals surface area contributed by atoms with Crippen LogP contribution in [0.5, 0.6) is 5.75 Å². The molecule has 68 valence electrons. The second-order valence-electron chi connectivity index (χ2n) is 3.45. The topological polar surface area (TPSA) is 38.0 Å². The van der Waals surface area contributed by atoms with Crippen LogP contribution in [0.4, 0.5) is 0 Å². The van der Waals surface area contributed by atoms with Crippen LogP contribution in [-0.4, -0.2) is 14.9 Å². The number of hydrogen-bond acceptors (Lipinski definition) is 2. The van der Waals surface area contributed by atoms with E-state index in [-0.39, 0.29) is 5.75 Å². The van der Waals surface area contributed by atoms with E-state index in [2.05, 4.69) is 18.9 Å². The predicted octanol–water partition coefficient (Wildman–Crippen LogP) is 2.32. The molecular weight excluding hydrogens is 164 g/mol. The van der Waals surface area contributed by atoms with Crippen molar-refractivity contribution >= 4 is 10.9 Å². The summed E-state index contributed by atoms with van der Waals surface area (Å²) in [5.41, 5.74) is 0.841. The molecule has 3 heteroatoms. The van der Waals surface area contributed by atoms with Crippen LogP contribution in [0.25, 0.3) is 10.9 Å². The number of aromatic hydroxyl groups is 1. The smallest absolute Gasteiger partial charge is 0.117 e. The summed E-state index contributed by atoms with van der Waals surface area (Å²) in [7, 11) is 0. The fourth-order valence-corrected chi connectivity index (χ4v) is 1.29. The molecule has 0 aliphatic rings. The first-order valence-electron chi connectivity index (χ1n) is 4.35. The number of phenolic OH excluding ortho intramolecular Hbond substituents is 1. The SMILES string of the molecule is CC(C)n1cc2ccc(O)cc2n1. The first-order valence-corrected chi connectivity index (χ1v) is 4.35. The van der Waals surface area contributed by atoms with Crippen molar-refractivity contribution < 1.29 is 5.11 Å². The molecule has 0 aliphatic carbocycles. The lowest BCUT2D eigenvalue weighted by atomic mass is 10.2.